The Morgan fingerprint density at radius 1 is 0.722 bits per heavy atom. The number of methoxy groups -OCH3 is 1. The first kappa shape index (κ1) is 25.7. The third-order valence-corrected chi connectivity index (χ3v) is 11.4. The second kappa shape index (κ2) is 11.5. The standard InChI is InChI=1S/C34H36OP/c1-26(21-22-33-27(2)25-34(35-5)29(4)28(33)3)23-24-36(30-15-9-6-10-16-30,31-17-11-7-12-18-31)32-19-13-8-14-20-32/h6-23,25H,24H2,1-5H3/q+1/b22-21+,26-23?. The summed E-state index contributed by atoms with van der Waals surface area (Å²) in [4.78, 5) is 0. The van der Waals surface area contributed by atoms with Crippen molar-refractivity contribution in [2.45, 2.75) is 27.7 Å². The molecule has 0 unspecified atom stereocenters. The van der Waals surface area contributed by atoms with Crippen LogP contribution in [-0.2, 0) is 0 Å². The number of allylic oxidation sites excluding steroid dienone is 3. The average molecular weight is 492 g/mol. The molecule has 0 fully saturated rings. The summed E-state index contributed by atoms with van der Waals surface area (Å²) < 4.78 is 5.56. The molecule has 0 spiro atoms. The number of benzene rings is 4. The molecule has 0 aliphatic heterocycles. The molecule has 0 aromatic heterocycles. The summed E-state index contributed by atoms with van der Waals surface area (Å²) in [6.45, 7) is 8.68. The predicted octanol–water partition coefficient (Wildman–Crippen LogP) is 7.57. The van der Waals surface area contributed by atoms with Crippen molar-refractivity contribution in [1.29, 1.82) is 0 Å². The van der Waals surface area contributed by atoms with Crippen molar-refractivity contribution in [3.8, 4) is 5.75 Å². The van der Waals surface area contributed by atoms with Gasteiger partial charge in [-0.3, -0.25) is 0 Å². The summed E-state index contributed by atoms with van der Waals surface area (Å²) in [7, 11) is -0.126. The van der Waals surface area contributed by atoms with E-state index in [9.17, 15) is 0 Å². The van der Waals surface area contributed by atoms with Gasteiger partial charge in [0.2, 0.25) is 0 Å². The van der Waals surface area contributed by atoms with Crippen LogP contribution >= 0.6 is 7.26 Å². The average Bonchev–Trinajstić information content (AvgIpc) is 2.93. The molecule has 2 heteroatoms. The molecule has 1 nitrogen and oxygen atoms in total. The zero-order valence-corrected chi connectivity index (χ0v) is 22.9. The topological polar surface area (TPSA) is 9.23 Å². The van der Waals surface area contributed by atoms with Crippen molar-refractivity contribution in [2.24, 2.45) is 0 Å². The maximum atomic E-state index is 5.56. The van der Waals surface area contributed by atoms with Crippen LogP contribution in [0.3, 0.4) is 0 Å². The van der Waals surface area contributed by atoms with Crippen LogP contribution in [0.15, 0.2) is 115 Å². The van der Waals surface area contributed by atoms with Crippen LogP contribution in [0.4, 0.5) is 0 Å². The highest BCUT2D eigenvalue weighted by Crippen LogP contribution is 2.55. The van der Waals surface area contributed by atoms with Gasteiger partial charge >= 0.3 is 0 Å². The fourth-order valence-electron chi connectivity index (χ4n) is 4.91. The minimum Gasteiger partial charge on any atom is -0.496 e. The van der Waals surface area contributed by atoms with Crippen LogP contribution in [0.1, 0.15) is 29.2 Å². The van der Waals surface area contributed by atoms with Gasteiger partial charge in [0, 0.05) is 0 Å². The fourth-order valence-corrected chi connectivity index (χ4v) is 9.04. The van der Waals surface area contributed by atoms with Gasteiger partial charge in [-0.1, -0.05) is 72.3 Å². The van der Waals surface area contributed by atoms with Gasteiger partial charge in [-0.2, -0.15) is 0 Å². The molecule has 0 atom stereocenters. The molecular formula is C34H36OP+. The van der Waals surface area contributed by atoms with Crippen LogP contribution in [0.5, 0.6) is 5.75 Å². The van der Waals surface area contributed by atoms with Gasteiger partial charge in [-0.15, -0.1) is 0 Å². The highest BCUT2D eigenvalue weighted by Gasteiger charge is 2.44. The molecule has 0 bridgehead atoms. The molecule has 4 aromatic carbocycles. The predicted molar refractivity (Wildman–Crippen MR) is 160 cm³/mol. The van der Waals surface area contributed by atoms with Gasteiger partial charge in [-0.25, -0.2) is 0 Å². The van der Waals surface area contributed by atoms with Crippen molar-refractivity contribution >= 4 is 29.3 Å². The Bertz CT molecular complexity index is 1260. The highest BCUT2D eigenvalue weighted by molar-refractivity contribution is 7.95. The summed E-state index contributed by atoms with van der Waals surface area (Å²) in [6.07, 6.45) is 7.92. The lowest BCUT2D eigenvalue weighted by molar-refractivity contribution is 0.411. The van der Waals surface area contributed by atoms with Gasteiger partial charge in [0.25, 0.3) is 0 Å². The zero-order valence-electron chi connectivity index (χ0n) is 22.0. The summed E-state index contributed by atoms with van der Waals surface area (Å²) in [5.41, 5.74) is 6.26. The maximum absolute atomic E-state index is 5.56. The molecule has 4 aromatic rings. The molecule has 4 rings (SSSR count). The Labute approximate surface area is 217 Å². The lowest BCUT2D eigenvalue weighted by atomic mass is 9.96. The van der Waals surface area contributed by atoms with E-state index in [0.29, 0.717) is 0 Å². The van der Waals surface area contributed by atoms with E-state index in [2.05, 4.69) is 143 Å². The van der Waals surface area contributed by atoms with E-state index < -0.39 is 7.26 Å². The minimum atomic E-state index is -1.87. The third-order valence-electron chi connectivity index (χ3n) is 7.12. The van der Waals surface area contributed by atoms with E-state index in [4.69, 9.17) is 4.74 Å². The van der Waals surface area contributed by atoms with Crippen LogP contribution in [-0.4, -0.2) is 13.3 Å². The Kier molecular flexibility index (Phi) is 8.24. The van der Waals surface area contributed by atoms with Crippen molar-refractivity contribution in [3.63, 3.8) is 0 Å². The first-order valence-corrected chi connectivity index (χ1v) is 14.5. The van der Waals surface area contributed by atoms with E-state index >= 15 is 0 Å². The van der Waals surface area contributed by atoms with Gasteiger partial charge in [0.15, 0.2) is 0 Å². The zero-order chi connectivity index (χ0) is 25.5. The highest BCUT2D eigenvalue weighted by atomic mass is 31.2. The molecule has 182 valence electrons. The van der Waals surface area contributed by atoms with Gasteiger partial charge in [-0.05, 0) is 98.5 Å². The molecule has 0 heterocycles. The normalized spacial score (nSPS) is 12.2. The monoisotopic (exact) mass is 491 g/mol. The Balaban J connectivity index is 1.78. The van der Waals surface area contributed by atoms with Crippen LogP contribution in [0.2, 0.25) is 0 Å². The fraction of sp³-hybridized carbons (Fsp3) is 0.176. The molecule has 36 heavy (non-hydrogen) atoms. The first-order chi connectivity index (χ1) is 17.5. The largest absolute Gasteiger partial charge is 0.496 e. The summed E-state index contributed by atoms with van der Waals surface area (Å²) in [6, 6.07) is 35.3. The van der Waals surface area contributed by atoms with Gasteiger partial charge in [0.05, 0.1) is 13.3 Å². The Morgan fingerprint density at radius 3 is 1.64 bits per heavy atom. The number of hydrogen-bond donors (Lipinski definition) is 0. The van der Waals surface area contributed by atoms with Crippen LogP contribution in [0, 0.1) is 20.8 Å². The molecule has 0 saturated heterocycles. The number of rotatable bonds is 8. The molecule has 0 N–H and O–H groups in total. The van der Waals surface area contributed by atoms with Crippen molar-refractivity contribution < 1.29 is 4.74 Å². The minimum absolute atomic E-state index is 0.956. The SMILES string of the molecule is COc1cc(C)c(/C=C/C(C)=CC[P+](c2ccccc2)(c2ccccc2)c2ccccc2)c(C)c1C. The van der Waals surface area contributed by atoms with Crippen molar-refractivity contribution in [2.75, 3.05) is 13.3 Å². The maximum Gasteiger partial charge on any atom is 0.122 e. The number of hydrogen-bond acceptors (Lipinski definition) is 1. The molecular weight excluding hydrogens is 455 g/mol. The van der Waals surface area contributed by atoms with Gasteiger partial charge < -0.3 is 4.74 Å². The lowest BCUT2D eigenvalue weighted by Gasteiger charge is -2.26. The summed E-state index contributed by atoms with van der Waals surface area (Å²) in [5, 5.41) is 4.23. The molecule has 0 aliphatic carbocycles. The molecule has 0 amide bonds. The van der Waals surface area contributed by atoms with Crippen molar-refractivity contribution in [1.82, 2.24) is 0 Å². The number of aryl methyl sites for hydroxylation is 1. The van der Waals surface area contributed by atoms with Gasteiger partial charge in [0.1, 0.15) is 28.9 Å². The van der Waals surface area contributed by atoms with E-state index in [1.165, 1.54) is 43.7 Å². The first-order valence-electron chi connectivity index (χ1n) is 12.5. The molecule has 0 aliphatic rings. The van der Waals surface area contributed by atoms with E-state index in [1.807, 2.05) is 0 Å². The van der Waals surface area contributed by atoms with Crippen molar-refractivity contribution in [3.05, 3.63) is 137 Å². The van der Waals surface area contributed by atoms with E-state index in [0.717, 1.165) is 11.9 Å². The Hall–Kier alpha value is -3.41. The number of ether oxygens (including phenoxy) is 1. The van der Waals surface area contributed by atoms with Crippen LogP contribution in [0.25, 0.3) is 6.08 Å². The van der Waals surface area contributed by atoms with Crippen LogP contribution < -0.4 is 20.7 Å². The second-order valence-corrected chi connectivity index (χ2v) is 12.9. The Morgan fingerprint density at radius 2 is 1.19 bits per heavy atom. The lowest BCUT2D eigenvalue weighted by Crippen LogP contribution is -2.33. The van der Waals surface area contributed by atoms with E-state index in [-0.39, 0.29) is 0 Å². The second-order valence-electron chi connectivity index (χ2n) is 9.34. The van der Waals surface area contributed by atoms with E-state index in [1.54, 1.807) is 7.11 Å². The summed E-state index contributed by atoms with van der Waals surface area (Å²) in [5.74, 6) is 0.956. The molecule has 0 radical (unpaired) electrons. The summed E-state index contributed by atoms with van der Waals surface area (Å²) >= 11 is 0. The third kappa shape index (κ3) is 5.23. The smallest absolute Gasteiger partial charge is 0.122 e. The quantitative estimate of drug-likeness (QED) is 0.182. The molecule has 0 saturated carbocycles.